The van der Waals surface area contributed by atoms with Crippen LogP contribution in [0.5, 0.6) is 0 Å². The molecule has 0 aromatic carbocycles. The van der Waals surface area contributed by atoms with Crippen molar-refractivity contribution in [3.8, 4) is 0 Å². The summed E-state index contributed by atoms with van der Waals surface area (Å²) in [6, 6.07) is 0.277. The van der Waals surface area contributed by atoms with Crippen molar-refractivity contribution in [3.05, 3.63) is 11.7 Å². The topological polar surface area (TPSA) is 71.7 Å². The second-order valence-corrected chi connectivity index (χ2v) is 7.78. The molecule has 0 unspecified atom stereocenters. The molecule has 0 saturated carbocycles. The molecular weight excluding hydrogens is 320 g/mol. The fourth-order valence-corrected chi connectivity index (χ4v) is 4.13. The Balaban J connectivity index is 1.61. The molecule has 3 heterocycles. The summed E-state index contributed by atoms with van der Waals surface area (Å²) in [5, 5.41) is 4.02. The van der Waals surface area contributed by atoms with Crippen LogP contribution in [0.2, 0.25) is 0 Å². The van der Waals surface area contributed by atoms with Crippen LogP contribution in [0.25, 0.3) is 0 Å². The van der Waals surface area contributed by atoms with Gasteiger partial charge in [0.25, 0.3) is 0 Å². The molecule has 0 bridgehead atoms. The molecule has 2 fully saturated rings. The number of carbonyl (C=O) groups excluding carboxylic acids is 1. The van der Waals surface area contributed by atoms with Crippen molar-refractivity contribution in [1.29, 1.82) is 0 Å². The maximum absolute atomic E-state index is 12.2. The van der Waals surface area contributed by atoms with Crippen LogP contribution >= 0.6 is 0 Å². The molecule has 1 atom stereocenters. The molecule has 2 aliphatic heterocycles. The van der Waals surface area contributed by atoms with Crippen LogP contribution in [-0.4, -0.2) is 65.2 Å². The highest BCUT2D eigenvalue weighted by Crippen LogP contribution is 2.39. The van der Waals surface area contributed by atoms with E-state index >= 15 is 0 Å². The molecule has 0 N–H and O–H groups in total. The quantitative estimate of drug-likeness (QED) is 0.780. The number of rotatable bonds is 6. The normalized spacial score (nSPS) is 25.3. The summed E-state index contributed by atoms with van der Waals surface area (Å²) in [5.74, 6) is 1.69. The minimum absolute atomic E-state index is 0.218. The largest absolute Gasteiger partial charge is 0.384 e. The van der Waals surface area contributed by atoms with Crippen molar-refractivity contribution >= 4 is 5.91 Å². The number of hydrogen-bond acceptors (Lipinski definition) is 6. The molecule has 2 aliphatic rings. The minimum Gasteiger partial charge on any atom is -0.384 e. The Morgan fingerprint density at radius 3 is 2.92 bits per heavy atom. The van der Waals surface area contributed by atoms with E-state index in [1.54, 1.807) is 7.11 Å². The summed E-state index contributed by atoms with van der Waals surface area (Å²) in [7, 11) is 1.67. The van der Waals surface area contributed by atoms with Crippen molar-refractivity contribution in [3.63, 3.8) is 0 Å². The van der Waals surface area contributed by atoms with Gasteiger partial charge in [-0.1, -0.05) is 5.16 Å². The van der Waals surface area contributed by atoms with E-state index < -0.39 is 0 Å². The van der Waals surface area contributed by atoms with Crippen LogP contribution in [0.3, 0.4) is 0 Å². The Hall–Kier alpha value is -1.47. The SMILES string of the molecule is COCCc1noc(CN2CCC[C@]3(CCC(=O)N(C(C)C)C3)C2)n1. The monoisotopic (exact) mass is 350 g/mol. The third-order valence-corrected chi connectivity index (χ3v) is 5.46. The van der Waals surface area contributed by atoms with Crippen molar-refractivity contribution < 1.29 is 14.1 Å². The minimum atomic E-state index is 0.218. The number of hydrogen-bond donors (Lipinski definition) is 0. The lowest BCUT2D eigenvalue weighted by atomic mass is 9.73. The zero-order chi connectivity index (χ0) is 17.9. The Morgan fingerprint density at radius 1 is 1.32 bits per heavy atom. The van der Waals surface area contributed by atoms with E-state index in [-0.39, 0.29) is 11.5 Å². The smallest absolute Gasteiger partial charge is 0.240 e. The Kier molecular flexibility index (Phi) is 5.74. The van der Waals surface area contributed by atoms with Crippen molar-refractivity contribution in [2.75, 3.05) is 33.4 Å². The van der Waals surface area contributed by atoms with Crippen LogP contribution in [0.1, 0.15) is 51.2 Å². The van der Waals surface area contributed by atoms with Gasteiger partial charge in [-0.05, 0) is 39.7 Å². The first-order chi connectivity index (χ1) is 12.0. The molecule has 140 valence electrons. The van der Waals surface area contributed by atoms with Crippen LogP contribution in [0.15, 0.2) is 4.52 Å². The number of aromatic nitrogens is 2. The van der Waals surface area contributed by atoms with Gasteiger partial charge in [-0.15, -0.1) is 0 Å². The molecule has 1 aromatic heterocycles. The first kappa shape index (κ1) is 18.3. The van der Waals surface area contributed by atoms with Gasteiger partial charge in [-0.25, -0.2) is 0 Å². The van der Waals surface area contributed by atoms with Crippen LogP contribution in [0.4, 0.5) is 0 Å². The second kappa shape index (κ2) is 7.83. The average Bonchev–Trinajstić information content (AvgIpc) is 3.03. The average molecular weight is 350 g/mol. The third kappa shape index (κ3) is 4.39. The first-order valence-electron chi connectivity index (χ1n) is 9.33. The van der Waals surface area contributed by atoms with E-state index in [2.05, 4.69) is 33.8 Å². The number of methoxy groups -OCH3 is 1. The molecule has 25 heavy (non-hydrogen) atoms. The maximum atomic E-state index is 12.2. The van der Waals surface area contributed by atoms with Gasteiger partial charge in [0, 0.05) is 44.5 Å². The van der Waals surface area contributed by atoms with E-state index in [4.69, 9.17) is 9.26 Å². The zero-order valence-electron chi connectivity index (χ0n) is 15.7. The van der Waals surface area contributed by atoms with Gasteiger partial charge in [-0.3, -0.25) is 9.69 Å². The zero-order valence-corrected chi connectivity index (χ0v) is 15.7. The highest BCUT2D eigenvalue weighted by Gasteiger charge is 2.42. The first-order valence-corrected chi connectivity index (χ1v) is 9.33. The van der Waals surface area contributed by atoms with E-state index in [0.29, 0.717) is 43.6 Å². The summed E-state index contributed by atoms with van der Waals surface area (Å²) in [6.45, 7) is 8.44. The van der Waals surface area contributed by atoms with Crippen molar-refractivity contribution in [2.24, 2.45) is 5.41 Å². The van der Waals surface area contributed by atoms with Crippen molar-refractivity contribution in [2.45, 2.75) is 58.5 Å². The van der Waals surface area contributed by atoms with Gasteiger partial charge in [-0.2, -0.15) is 4.98 Å². The number of carbonyl (C=O) groups is 1. The van der Waals surface area contributed by atoms with E-state index in [9.17, 15) is 4.79 Å². The predicted molar refractivity (Wildman–Crippen MR) is 92.9 cm³/mol. The highest BCUT2D eigenvalue weighted by atomic mass is 16.5. The van der Waals surface area contributed by atoms with Gasteiger partial charge < -0.3 is 14.2 Å². The summed E-state index contributed by atoms with van der Waals surface area (Å²) in [6.07, 6.45) is 4.70. The molecule has 1 aromatic rings. The Labute approximate surface area is 149 Å². The van der Waals surface area contributed by atoms with Crippen LogP contribution in [0, 0.1) is 5.41 Å². The Morgan fingerprint density at radius 2 is 2.16 bits per heavy atom. The number of ether oxygens (including phenoxy) is 1. The van der Waals surface area contributed by atoms with Gasteiger partial charge in [0.2, 0.25) is 11.8 Å². The van der Waals surface area contributed by atoms with Crippen LogP contribution in [-0.2, 0) is 22.5 Å². The lowest BCUT2D eigenvalue weighted by Crippen LogP contribution is -2.55. The summed E-state index contributed by atoms with van der Waals surface area (Å²) in [4.78, 5) is 21.1. The lowest BCUT2D eigenvalue weighted by molar-refractivity contribution is -0.141. The molecule has 1 spiro atoms. The molecule has 0 aliphatic carbocycles. The number of piperidine rings is 2. The van der Waals surface area contributed by atoms with Gasteiger partial charge >= 0.3 is 0 Å². The summed E-state index contributed by atoms with van der Waals surface area (Å²) in [5.41, 5.74) is 0.218. The maximum Gasteiger partial charge on any atom is 0.240 e. The molecule has 2 saturated heterocycles. The Bertz CT molecular complexity index is 589. The van der Waals surface area contributed by atoms with Gasteiger partial charge in [0.05, 0.1) is 13.2 Å². The standard InChI is InChI=1S/C18H30N4O3/c1-14(2)22-13-18(8-5-17(22)23)7-4-9-21(12-18)11-16-19-15(20-25-16)6-10-24-3/h14H,4-13H2,1-3H3/t18-/m0/s1. The highest BCUT2D eigenvalue weighted by molar-refractivity contribution is 5.77. The molecule has 7 heteroatoms. The van der Waals surface area contributed by atoms with Crippen LogP contribution < -0.4 is 0 Å². The number of amides is 1. The van der Waals surface area contributed by atoms with Gasteiger partial charge in [0.1, 0.15) is 0 Å². The molecule has 1 amide bonds. The number of likely N-dealkylation sites (tertiary alicyclic amines) is 2. The summed E-state index contributed by atoms with van der Waals surface area (Å²) < 4.78 is 10.4. The van der Waals surface area contributed by atoms with Crippen molar-refractivity contribution in [1.82, 2.24) is 19.9 Å². The summed E-state index contributed by atoms with van der Waals surface area (Å²) >= 11 is 0. The van der Waals surface area contributed by atoms with E-state index in [0.717, 1.165) is 32.5 Å². The second-order valence-electron chi connectivity index (χ2n) is 7.78. The molecular formula is C18H30N4O3. The van der Waals surface area contributed by atoms with E-state index in [1.165, 1.54) is 6.42 Å². The predicted octanol–water partition coefficient (Wildman–Crippen LogP) is 1.87. The lowest BCUT2D eigenvalue weighted by Gasteiger charge is -2.49. The van der Waals surface area contributed by atoms with E-state index in [1.807, 2.05) is 0 Å². The third-order valence-electron chi connectivity index (χ3n) is 5.46. The molecule has 7 nitrogen and oxygen atoms in total. The van der Waals surface area contributed by atoms with Gasteiger partial charge in [0.15, 0.2) is 5.82 Å². The number of nitrogens with zero attached hydrogens (tertiary/aromatic N) is 4. The fraction of sp³-hybridized carbons (Fsp3) is 0.833. The molecule has 0 radical (unpaired) electrons. The fourth-order valence-electron chi connectivity index (χ4n) is 4.13. The molecule has 3 rings (SSSR count).